The number of halogens is 1. The summed E-state index contributed by atoms with van der Waals surface area (Å²) in [6.07, 6.45) is 3.26. The molecule has 4 rings (SSSR count). The standard InChI is InChI=1S/C23H24FN7O3/c1-4-20(32)30-10-14(8-15(30)11-34-3)31-23(26-2)21(22(25)33)17(29-31)6-5-13-7-18-19(9-16(13)24)28-12-27-18/h4,7,9,12,14-15,26H,1,8,10-11H2,2-3H3,(H2,25,33)(H,27,28)/t14-,15+/m0/s1. The Kier molecular flexibility index (Phi) is 6.34. The number of imidazole rings is 1. The van der Waals surface area contributed by atoms with E-state index in [4.69, 9.17) is 10.5 Å². The molecule has 1 aliphatic rings. The average Bonchev–Trinajstić information content (AvgIpc) is 3.53. The number of hydrogen-bond donors (Lipinski definition) is 3. The van der Waals surface area contributed by atoms with E-state index in [0.717, 1.165) is 0 Å². The molecular weight excluding hydrogens is 441 g/mol. The first kappa shape index (κ1) is 23.0. The number of likely N-dealkylation sites (tertiary alicyclic amines) is 1. The van der Waals surface area contributed by atoms with E-state index in [2.05, 4.69) is 38.8 Å². The van der Waals surface area contributed by atoms with Crippen LogP contribution in [-0.2, 0) is 9.53 Å². The third kappa shape index (κ3) is 4.11. The van der Waals surface area contributed by atoms with Gasteiger partial charge in [-0.15, -0.1) is 0 Å². The zero-order valence-corrected chi connectivity index (χ0v) is 18.8. The summed E-state index contributed by atoms with van der Waals surface area (Å²) in [5.41, 5.74) is 7.07. The largest absolute Gasteiger partial charge is 0.383 e. The van der Waals surface area contributed by atoms with Gasteiger partial charge in [-0.1, -0.05) is 12.5 Å². The fourth-order valence-corrected chi connectivity index (χ4v) is 4.24. The Labute approximate surface area is 195 Å². The number of nitrogens with two attached hydrogens (primary N) is 1. The molecule has 0 radical (unpaired) electrons. The maximum atomic E-state index is 14.5. The maximum absolute atomic E-state index is 14.5. The van der Waals surface area contributed by atoms with Gasteiger partial charge in [-0.3, -0.25) is 9.59 Å². The molecule has 1 aromatic carbocycles. The number of hydrogen-bond acceptors (Lipinski definition) is 6. The molecule has 10 nitrogen and oxygen atoms in total. The van der Waals surface area contributed by atoms with Crippen molar-refractivity contribution in [2.24, 2.45) is 5.73 Å². The molecule has 34 heavy (non-hydrogen) atoms. The van der Waals surface area contributed by atoms with Crippen LogP contribution in [0.1, 0.15) is 34.1 Å². The molecule has 1 saturated heterocycles. The Hall–Kier alpha value is -4.17. The number of rotatable bonds is 6. The molecule has 2 amide bonds. The molecule has 11 heteroatoms. The van der Waals surface area contributed by atoms with Crippen LogP contribution in [0.2, 0.25) is 0 Å². The lowest BCUT2D eigenvalue weighted by Gasteiger charge is -2.22. The van der Waals surface area contributed by atoms with E-state index in [0.29, 0.717) is 36.4 Å². The highest BCUT2D eigenvalue weighted by Gasteiger charge is 2.37. The Balaban J connectivity index is 1.75. The van der Waals surface area contributed by atoms with Crippen LogP contribution in [0.25, 0.3) is 11.0 Å². The van der Waals surface area contributed by atoms with E-state index in [1.807, 2.05) is 0 Å². The zero-order valence-electron chi connectivity index (χ0n) is 18.8. The van der Waals surface area contributed by atoms with Crippen molar-refractivity contribution in [3.63, 3.8) is 0 Å². The number of amides is 2. The number of benzene rings is 1. The van der Waals surface area contributed by atoms with E-state index >= 15 is 0 Å². The topological polar surface area (TPSA) is 131 Å². The summed E-state index contributed by atoms with van der Waals surface area (Å²) in [4.78, 5) is 33.3. The fourth-order valence-electron chi connectivity index (χ4n) is 4.24. The number of carbonyl (C=O) groups excluding carboxylic acids is 2. The minimum Gasteiger partial charge on any atom is -0.383 e. The van der Waals surface area contributed by atoms with Gasteiger partial charge in [0.15, 0.2) is 5.69 Å². The minimum absolute atomic E-state index is 0.0908. The summed E-state index contributed by atoms with van der Waals surface area (Å²) in [6.45, 7) is 4.25. The smallest absolute Gasteiger partial charge is 0.255 e. The van der Waals surface area contributed by atoms with Gasteiger partial charge in [0.2, 0.25) is 5.91 Å². The van der Waals surface area contributed by atoms with Crippen LogP contribution in [-0.4, -0.2) is 69.8 Å². The number of nitrogens with zero attached hydrogens (tertiary/aromatic N) is 4. The van der Waals surface area contributed by atoms with E-state index in [1.165, 1.54) is 24.5 Å². The second-order valence-corrected chi connectivity index (χ2v) is 7.83. The number of methoxy groups -OCH3 is 1. The second kappa shape index (κ2) is 9.36. The van der Waals surface area contributed by atoms with Crippen LogP contribution < -0.4 is 11.1 Å². The van der Waals surface area contributed by atoms with Gasteiger partial charge >= 0.3 is 0 Å². The van der Waals surface area contributed by atoms with Gasteiger partial charge in [-0.2, -0.15) is 5.10 Å². The molecule has 176 valence electrons. The molecule has 0 aliphatic carbocycles. The van der Waals surface area contributed by atoms with Crippen molar-refractivity contribution in [2.75, 3.05) is 32.6 Å². The van der Waals surface area contributed by atoms with Crippen molar-refractivity contribution in [3.05, 3.63) is 53.8 Å². The number of aromatic amines is 1. The van der Waals surface area contributed by atoms with Crippen molar-refractivity contribution >= 4 is 28.7 Å². The SMILES string of the molecule is C=CC(=O)N1C[C@@H](n2nc(C#Cc3cc4nc[nH]c4cc3F)c(C(N)=O)c2NC)C[C@@H]1COC. The van der Waals surface area contributed by atoms with E-state index in [-0.39, 0.29) is 34.8 Å². The number of ether oxygens (including phenoxy) is 1. The summed E-state index contributed by atoms with van der Waals surface area (Å²) < 4.78 is 21.4. The summed E-state index contributed by atoms with van der Waals surface area (Å²) in [5.74, 6) is 4.41. The summed E-state index contributed by atoms with van der Waals surface area (Å²) >= 11 is 0. The molecule has 2 atom stereocenters. The van der Waals surface area contributed by atoms with Crippen LogP contribution >= 0.6 is 0 Å². The number of nitrogens with one attached hydrogen (secondary N) is 2. The van der Waals surface area contributed by atoms with Crippen molar-refractivity contribution in [1.82, 2.24) is 24.6 Å². The predicted molar refractivity (Wildman–Crippen MR) is 124 cm³/mol. The average molecular weight is 465 g/mol. The first-order valence-corrected chi connectivity index (χ1v) is 10.5. The number of primary amides is 1. The summed E-state index contributed by atoms with van der Waals surface area (Å²) in [7, 11) is 3.20. The molecule has 0 saturated carbocycles. The van der Waals surface area contributed by atoms with Crippen LogP contribution in [0.3, 0.4) is 0 Å². The lowest BCUT2D eigenvalue weighted by atomic mass is 10.1. The predicted octanol–water partition coefficient (Wildman–Crippen LogP) is 1.41. The van der Waals surface area contributed by atoms with E-state index in [1.54, 1.807) is 23.7 Å². The van der Waals surface area contributed by atoms with Crippen LogP contribution in [0.4, 0.5) is 10.2 Å². The minimum atomic E-state index is -0.728. The molecule has 0 bridgehead atoms. The lowest BCUT2D eigenvalue weighted by molar-refractivity contribution is -0.127. The quantitative estimate of drug-likeness (QED) is 0.373. The molecular formula is C23H24FN7O3. The molecule has 1 aliphatic heterocycles. The van der Waals surface area contributed by atoms with Gasteiger partial charge in [-0.25, -0.2) is 14.1 Å². The van der Waals surface area contributed by atoms with Gasteiger partial charge in [-0.05, 0) is 24.5 Å². The van der Waals surface area contributed by atoms with Crippen molar-refractivity contribution < 1.29 is 18.7 Å². The highest BCUT2D eigenvalue weighted by Crippen LogP contribution is 2.32. The second-order valence-electron chi connectivity index (χ2n) is 7.83. The molecule has 0 spiro atoms. The summed E-state index contributed by atoms with van der Waals surface area (Å²) in [5, 5.41) is 7.49. The third-order valence-electron chi connectivity index (χ3n) is 5.77. The number of aromatic nitrogens is 4. The van der Waals surface area contributed by atoms with Gasteiger partial charge in [0.1, 0.15) is 17.2 Å². The van der Waals surface area contributed by atoms with E-state index < -0.39 is 11.7 Å². The summed E-state index contributed by atoms with van der Waals surface area (Å²) in [6, 6.07) is 2.37. The molecule has 1 fully saturated rings. The number of carbonyl (C=O) groups is 2. The van der Waals surface area contributed by atoms with Crippen LogP contribution in [0.15, 0.2) is 31.1 Å². The van der Waals surface area contributed by atoms with Crippen molar-refractivity contribution in [1.29, 1.82) is 0 Å². The Morgan fingerprint density at radius 2 is 2.24 bits per heavy atom. The number of anilines is 1. The Bertz CT molecular complexity index is 1330. The molecule has 3 heterocycles. The number of H-pyrrole nitrogens is 1. The van der Waals surface area contributed by atoms with Gasteiger partial charge in [0.05, 0.1) is 41.6 Å². The molecule has 0 unspecified atom stereocenters. The Morgan fingerprint density at radius 3 is 2.91 bits per heavy atom. The monoisotopic (exact) mass is 465 g/mol. The van der Waals surface area contributed by atoms with Gasteiger partial charge in [0.25, 0.3) is 5.91 Å². The first-order chi connectivity index (χ1) is 16.4. The lowest BCUT2D eigenvalue weighted by Crippen LogP contribution is -2.37. The third-order valence-corrected chi connectivity index (χ3v) is 5.77. The van der Waals surface area contributed by atoms with Crippen molar-refractivity contribution in [2.45, 2.75) is 18.5 Å². The highest BCUT2D eigenvalue weighted by atomic mass is 19.1. The van der Waals surface area contributed by atoms with Gasteiger partial charge < -0.3 is 25.7 Å². The zero-order chi connectivity index (χ0) is 24.4. The molecule has 2 aromatic heterocycles. The van der Waals surface area contributed by atoms with Gasteiger partial charge in [0, 0.05) is 26.8 Å². The highest BCUT2D eigenvalue weighted by molar-refractivity contribution is 6.00. The normalized spacial score (nSPS) is 17.4. The molecule has 4 N–H and O–H groups in total. The first-order valence-electron chi connectivity index (χ1n) is 10.5. The Morgan fingerprint density at radius 1 is 1.44 bits per heavy atom. The van der Waals surface area contributed by atoms with Crippen LogP contribution in [0.5, 0.6) is 0 Å². The van der Waals surface area contributed by atoms with E-state index in [9.17, 15) is 14.0 Å². The molecule has 3 aromatic rings. The fraction of sp³-hybridized carbons (Fsp3) is 0.304. The van der Waals surface area contributed by atoms with Crippen molar-refractivity contribution in [3.8, 4) is 11.8 Å². The maximum Gasteiger partial charge on any atom is 0.255 e. The van der Waals surface area contributed by atoms with Crippen LogP contribution in [0, 0.1) is 17.7 Å². The number of fused-ring (bicyclic) bond motifs is 1.